The maximum absolute atomic E-state index is 13.0. The Morgan fingerprint density at radius 3 is 2.17 bits per heavy atom. The Kier molecular flexibility index (Phi) is 9.18. The fourth-order valence-electron chi connectivity index (χ4n) is 4.01. The van der Waals surface area contributed by atoms with Crippen LogP contribution in [0.1, 0.15) is 11.1 Å². The lowest BCUT2D eigenvalue weighted by molar-refractivity contribution is 0.313. The van der Waals surface area contributed by atoms with Crippen molar-refractivity contribution in [1.29, 1.82) is 0 Å². The van der Waals surface area contributed by atoms with Gasteiger partial charge in [0.05, 0.1) is 19.6 Å². The molecule has 4 rings (SSSR count). The zero-order chi connectivity index (χ0) is 23.9. The summed E-state index contributed by atoms with van der Waals surface area (Å²) >= 11 is 0. The summed E-state index contributed by atoms with van der Waals surface area (Å²) in [5, 5.41) is 3.90. The molecule has 7 heteroatoms. The molecule has 0 atom stereocenters. The standard InChI is InChI=1S/C28H29NO5.ClH/c1-19-26(30)22-11-7-14-25(28(22)34-27(19)20-9-5-4-6-10-20)33-18-17-29-16-15-21-23(31-2)12-8-13-24(21)32-3;/h4-14,29H,15-18H2,1-3H3;1H. The molecule has 184 valence electrons. The molecule has 0 bridgehead atoms. The van der Waals surface area contributed by atoms with Gasteiger partial charge in [0, 0.05) is 23.2 Å². The van der Waals surface area contributed by atoms with Gasteiger partial charge in [-0.05, 0) is 44.2 Å². The minimum Gasteiger partial charge on any atom is -0.496 e. The summed E-state index contributed by atoms with van der Waals surface area (Å²) in [4.78, 5) is 13.0. The number of para-hydroxylation sites is 1. The Morgan fingerprint density at radius 1 is 0.829 bits per heavy atom. The molecule has 1 heterocycles. The first-order valence-electron chi connectivity index (χ1n) is 11.3. The third-order valence-electron chi connectivity index (χ3n) is 5.76. The van der Waals surface area contributed by atoms with Crippen LogP contribution < -0.4 is 25.0 Å². The van der Waals surface area contributed by atoms with Crippen LogP contribution in [0.5, 0.6) is 17.2 Å². The minimum absolute atomic E-state index is 0. The number of nitrogens with one attached hydrogen (secondary N) is 1. The first kappa shape index (κ1) is 26.1. The first-order valence-corrected chi connectivity index (χ1v) is 11.3. The van der Waals surface area contributed by atoms with Crippen molar-refractivity contribution in [3.8, 4) is 28.6 Å². The van der Waals surface area contributed by atoms with Crippen LogP contribution in [0.25, 0.3) is 22.3 Å². The molecule has 0 aliphatic carbocycles. The van der Waals surface area contributed by atoms with Crippen LogP contribution in [0.4, 0.5) is 0 Å². The second kappa shape index (κ2) is 12.3. The molecule has 0 radical (unpaired) electrons. The monoisotopic (exact) mass is 495 g/mol. The van der Waals surface area contributed by atoms with Gasteiger partial charge < -0.3 is 23.9 Å². The van der Waals surface area contributed by atoms with Gasteiger partial charge in [0.15, 0.2) is 16.8 Å². The van der Waals surface area contributed by atoms with Crippen molar-refractivity contribution in [1.82, 2.24) is 5.32 Å². The predicted octanol–water partition coefficient (Wildman–Crippen LogP) is 5.42. The number of benzene rings is 3. The van der Waals surface area contributed by atoms with Crippen molar-refractivity contribution >= 4 is 23.4 Å². The molecule has 0 amide bonds. The molecule has 6 nitrogen and oxygen atoms in total. The highest BCUT2D eigenvalue weighted by Gasteiger charge is 2.15. The topological polar surface area (TPSA) is 69.9 Å². The Bertz CT molecular complexity index is 1300. The zero-order valence-electron chi connectivity index (χ0n) is 20.1. The van der Waals surface area contributed by atoms with Crippen molar-refractivity contribution in [3.63, 3.8) is 0 Å². The highest BCUT2D eigenvalue weighted by atomic mass is 35.5. The van der Waals surface area contributed by atoms with Gasteiger partial charge in [0.25, 0.3) is 0 Å². The molecule has 0 fully saturated rings. The lowest BCUT2D eigenvalue weighted by Gasteiger charge is -2.14. The molecule has 1 N–H and O–H groups in total. The maximum atomic E-state index is 13.0. The second-order valence-electron chi connectivity index (χ2n) is 7.87. The Morgan fingerprint density at radius 2 is 1.49 bits per heavy atom. The first-order chi connectivity index (χ1) is 16.6. The number of methoxy groups -OCH3 is 2. The maximum Gasteiger partial charge on any atom is 0.196 e. The quantitative estimate of drug-likeness (QED) is 0.296. The SMILES string of the molecule is COc1cccc(OC)c1CCNCCOc1cccc2c(=O)c(C)c(-c3ccccc3)oc12.Cl. The molecule has 1 aromatic heterocycles. The van der Waals surface area contributed by atoms with E-state index in [2.05, 4.69) is 5.32 Å². The summed E-state index contributed by atoms with van der Waals surface area (Å²) in [5.41, 5.74) is 2.90. The van der Waals surface area contributed by atoms with E-state index in [1.807, 2.05) is 60.7 Å². The van der Waals surface area contributed by atoms with Crippen molar-refractivity contribution in [2.24, 2.45) is 0 Å². The summed E-state index contributed by atoms with van der Waals surface area (Å²) in [7, 11) is 3.32. The van der Waals surface area contributed by atoms with E-state index in [9.17, 15) is 4.79 Å². The van der Waals surface area contributed by atoms with E-state index >= 15 is 0 Å². The lowest BCUT2D eigenvalue weighted by Crippen LogP contribution is -2.23. The van der Waals surface area contributed by atoms with Crippen LogP contribution in [0.2, 0.25) is 0 Å². The van der Waals surface area contributed by atoms with Crippen LogP contribution in [-0.2, 0) is 6.42 Å². The number of hydrogen-bond acceptors (Lipinski definition) is 6. The molecular weight excluding hydrogens is 466 g/mol. The van der Waals surface area contributed by atoms with Crippen molar-refractivity contribution in [2.45, 2.75) is 13.3 Å². The Labute approximate surface area is 211 Å². The van der Waals surface area contributed by atoms with Gasteiger partial charge >= 0.3 is 0 Å². The van der Waals surface area contributed by atoms with Crippen LogP contribution in [0.15, 0.2) is 75.9 Å². The molecule has 0 saturated carbocycles. The van der Waals surface area contributed by atoms with E-state index in [1.165, 1.54) is 0 Å². The van der Waals surface area contributed by atoms with Gasteiger partial charge in [-0.2, -0.15) is 0 Å². The number of ether oxygens (including phenoxy) is 3. The molecule has 3 aromatic carbocycles. The fraction of sp³-hybridized carbons (Fsp3) is 0.250. The van der Waals surface area contributed by atoms with Gasteiger partial charge in [-0.3, -0.25) is 4.79 Å². The molecule has 0 aliphatic heterocycles. The number of fused-ring (bicyclic) bond motifs is 1. The number of rotatable bonds is 10. The van der Waals surface area contributed by atoms with Crippen LogP contribution in [0, 0.1) is 6.92 Å². The third kappa shape index (κ3) is 5.78. The van der Waals surface area contributed by atoms with Crippen LogP contribution in [0.3, 0.4) is 0 Å². The zero-order valence-corrected chi connectivity index (χ0v) is 20.9. The summed E-state index contributed by atoms with van der Waals surface area (Å²) in [5.74, 6) is 2.75. The molecule has 0 saturated heterocycles. The average molecular weight is 496 g/mol. The van der Waals surface area contributed by atoms with Crippen LogP contribution >= 0.6 is 12.4 Å². The summed E-state index contributed by atoms with van der Waals surface area (Å²) in [6.07, 6.45) is 0.760. The van der Waals surface area contributed by atoms with E-state index in [-0.39, 0.29) is 17.8 Å². The average Bonchev–Trinajstić information content (AvgIpc) is 2.88. The van der Waals surface area contributed by atoms with E-state index in [4.69, 9.17) is 18.6 Å². The van der Waals surface area contributed by atoms with E-state index in [0.717, 1.165) is 35.6 Å². The molecule has 0 unspecified atom stereocenters. The smallest absolute Gasteiger partial charge is 0.196 e. The van der Waals surface area contributed by atoms with E-state index in [0.29, 0.717) is 41.2 Å². The van der Waals surface area contributed by atoms with Gasteiger partial charge in [-0.1, -0.05) is 42.5 Å². The fourth-order valence-corrected chi connectivity index (χ4v) is 4.01. The van der Waals surface area contributed by atoms with Gasteiger partial charge in [0.2, 0.25) is 0 Å². The van der Waals surface area contributed by atoms with E-state index < -0.39 is 0 Å². The summed E-state index contributed by atoms with van der Waals surface area (Å²) < 4.78 is 23.1. The second-order valence-corrected chi connectivity index (χ2v) is 7.87. The number of hydrogen-bond donors (Lipinski definition) is 1. The van der Waals surface area contributed by atoms with Crippen molar-refractivity contribution < 1.29 is 18.6 Å². The largest absolute Gasteiger partial charge is 0.496 e. The Hall–Kier alpha value is -3.48. The van der Waals surface area contributed by atoms with Crippen molar-refractivity contribution in [3.05, 3.63) is 88.1 Å². The molecule has 35 heavy (non-hydrogen) atoms. The van der Waals surface area contributed by atoms with Crippen LogP contribution in [-0.4, -0.2) is 33.9 Å². The van der Waals surface area contributed by atoms with E-state index in [1.54, 1.807) is 27.2 Å². The van der Waals surface area contributed by atoms with Gasteiger partial charge in [0.1, 0.15) is 23.9 Å². The molecule has 0 spiro atoms. The third-order valence-corrected chi connectivity index (χ3v) is 5.76. The van der Waals surface area contributed by atoms with Gasteiger partial charge in [-0.25, -0.2) is 0 Å². The molecule has 4 aromatic rings. The number of halogens is 1. The Balaban J connectivity index is 0.00000342. The lowest BCUT2D eigenvalue weighted by atomic mass is 10.1. The predicted molar refractivity (Wildman–Crippen MR) is 142 cm³/mol. The highest BCUT2D eigenvalue weighted by molar-refractivity contribution is 5.85. The summed E-state index contributed by atoms with van der Waals surface area (Å²) in [6.45, 7) is 3.60. The molecule has 0 aliphatic rings. The summed E-state index contributed by atoms with van der Waals surface area (Å²) in [6, 6.07) is 20.8. The molecular formula is C28H30ClNO5. The normalized spacial score (nSPS) is 10.6. The van der Waals surface area contributed by atoms with Gasteiger partial charge in [-0.15, -0.1) is 12.4 Å². The highest BCUT2D eigenvalue weighted by Crippen LogP contribution is 2.31. The van der Waals surface area contributed by atoms with Crippen molar-refractivity contribution in [2.75, 3.05) is 33.9 Å². The minimum atomic E-state index is -0.0468.